The molecule has 0 unspecified atom stereocenters. The van der Waals surface area contributed by atoms with Crippen LogP contribution in [0.25, 0.3) is 11.4 Å². The minimum absolute atomic E-state index is 0.611. The van der Waals surface area contributed by atoms with Crippen LogP contribution in [0.5, 0.6) is 0 Å². The van der Waals surface area contributed by atoms with Gasteiger partial charge in [-0.3, -0.25) is 4.57 Å². The molecule has 0 saturated heterocycles. The van der Waals surface area contributed by atoms with Gasteiger partial charge in [0.2, 0.25) is 0 Å². The van der Waals surface area contributed by atoms with Crippen LogP contribution in [0.15, 0.2) is 66.1 Å². The van der Waals surface area contributed by atoms with E-state index in [1.807, 2.05) is 66.1 Å². The number of nitrogens with zero attached hydrogens (tertiary/aromatic N) is 5. The van der Waals surface area contributed by atoms with Crippen LogP contribution < -0.4 is 0 Å². The zero-order valence-corrected chi connectivity index (χ0v) is 16.7. The molecule has 0 amide bonds. The average molecular weight is 416 g/mol. The summed E-state index contributed by atoms with van der Waals surface area (Å²) in [6, 6.07) is 17.4. The van der Waals surface area contributed by atoms with Gasteiger partial charge in [0.1, 0.15) is 11.5 Å². The largest absolute Gasteiger partial charge is 0.277 e. The first-order chi connectivity index (χ1) is 13.1. The lowest BCUT2D eigenvalue weighted by Gasteiger charge is -2.07. The van der Waals surface area contributed by atoms with Gasteiger partial charge in [-0.05, 0) is 37.3 Å². The van der Waals surface area contributed by atoms with Crippen molar-refractivity contribution in [2.75, 3.05) is 0 Å². The molecule has 4 rings (SSSR count). The highest BCUT2D eigenvalue weighted by molar-refractivity contribution is 7.98. The summed E-state index contributed by atoms with van der Waals surface area (Å²) < 4.78 is 3.66. The predicted molar refractivity (Wildman–Crippen MR) is 109 cm³/mol. The summed E-state index contributed by atoms with van der Waals surface area (Å²) in [4.78, 5) is 0. The Balaban J connectivity index is 1.59. The van der Waals surface area contributed by atoms with E-state index in [0.29, 0.717) is 15.9 Å². The fourth-order valence-corrected chi connectivity index (χ4v) is 4.32. The molecule has 2 heterocycles. The molecule has 0 aliphatic carbocycles. The van der Waals surface area contributed by atoms with Crippen LogP contribution in [0.1, 0.15) is 11.3 Å². The van der Waals surface area contributed by atoms with E-state index in [-0.39, 0.29) is 0 Å². The number of thioether (sulfide) groups is 1. The van der Waals surface area contributed by atoms with Crippen LogP contribution in [0, 0.1) is 6.92 Å². The van der Waals surface area contributed by atoms with Crippen LogP contribution in [0.3, 0.4) is 0 Å². The monoisotopic (exact) mass is 415 g/mol. The first kappa shape index (κ1) is 18.1. The van der Waals surface area contributed by atoms with E-state index in [1.165, 1.54) is 0 Å². The number of para-hydroxylation sites is 1. The minimum atomic E-state index is 0.611. The smallest absolute Gasteiger partial charge is 0.195 e. The van der Waals surface area contributed by atoms with Gasteiger partial charge < -0.3 is 0 Å². The summed E-state index contributed by atoms with van der Waals surface area (Å²) in [6.07, 6.45) is 1.68. The van der Waals surface area contributed by atoms with E-state index in [0.717, 1.165) is 27.8 Å². The van der Waals surface area contributed by atoms with Crippen LogP contribution >= 0.6 is 35.0 Å². The van der Waals surface area contributed by atoms with Gasteiger partial charge in [0.05, 0.1) is 17.1 Å². The Hall–Kier alpha value is -2.28. The Bertz CT molecular complexity index is 1070. The Morgan fingerprint density at radius 3 is 2.56 bits per heavy atom. The van der Waals surface area contributed by atoms with Gasteiger partial charge in [-0.25, -0.2) is 4.68 Å². The van der Waals surface area contributed by atoms with Gasteiger partial charge in [-0.2, -0.15) is 5.10 Å². The van der Waals surface area contributed by atoms with Crippen molar-refractivity contribution in [2.24, 2.45) is 0 Å². The Morgan fingerprint density at radius 2 is 1.78 bits per heavy atom. The number of hydrogen-bond donors (Lipinski definition) is 0. The second-order valence-electron chi connectivity index (χ2n) is 5.85. The summed E-state index contributed by atoms with van der Waals surface area (Å²) in [7, 11) is 0. The molecular weight excluding hydrogens is 401 g/mol. The molecule has 0 atom stereocenters. The maximum absolute atomic E-state index is 6.61. The zero-order valence-electron chi connectivity index (χ0n) is 14.4. The van der Waals surface area contributed by atoms with E-state index in [9.17, 15) is 0 Å². The summed E-state index contributed by atoms with van der Waals surface area (Å²) in [6.45, 7) is 1.96. The van der Waals surface area contributed by atoms with Crippen molar-refractivity contribution in [1.29, 1.82) is 0 Å². The van der Waals surface area contributed by atoms with Crippen molar-refractivity contribution < 1.29 is 0 Å². The summed E-state index contributed by atoms with van der Waals surface area (Å²) in [5.41, 5.74) is 3.72. The number of benzene rings is 2. The van der Waals surface area contributed by atoms with Crippen LogP contribution in [0.2, 0.25) is 10.2 Å². The number of rotatable bonds is 5. The van der Waals surface area contributed by atoms with Gasteiger partial charge >= 0.3 is 0 Å². The highest BCUT2D eigenvalue weighted by Gasteiger charge is 2.16. The SMILES string of the molecule is Cc1nn(-c2ccccc2)c(Cl)c1CSc1nncn1-c1cccc(Cl)c1. The third-order valence-electron chi connectivity index (χ3n) is 4.07. The van der Waals surface area contributed by atoms with Crippen molar-refractivity contribution in [1.82, 2.24) is 24.5 Å². The lowest BCUT2D eigenvalue weighted by Crippen LogP contribution is -1.96. The molecule has 0 aliphatic heterocycles. The third kappa shape index (κ3) is 3.74. The Kier molecular flexibility index (Phi) is 5.20. The lowest BCUT2D eigenvalue weighted by atomic mass is 10.3. The number of hydrogen-bond acceptors (Lipinski definition) is 4. The fraction of sp³-hybridized carbons (Fsp3) is 0.105. The number of halogens is 2. The molecule has 2 aromatic heterocycles. The van der Waals surface area contributed by atoms with Gasteiger partial charge in [0.15, 0.2) is 5.16 Å². The summed E-state index contributed by atoms with van der Waals surface area (Å²) >= 11 is 14.3. The molecule has 5 nitrogen and oxygen atoms in total. The maximum atomic E-state index is 6.61. The van der Waals surface area contributed by atoms with E-state index in [2.05, 4.69) is 15.3 Å². The van der Waals surface area contributed by atoms with Crippen LogP contribution in [0.4, 0.5) is 0 Å². The highest BCUT2D eigenvalue weighted by atomic mass is 35.5. The first-order valence-corrected chi connectivity index (χ1v) is 9.96. The molecule has 4 aromatic rings. The van der Waals surface area contributed by atoms with Crippen molar-refractivity contribution in [2.45, 2.75) is 17.8 Å². The van der Waals surface area contributed by atoms with Crippen molar-refractivity contribution in [3.05, 3.63) is 82.4 Å². The lowest BCUT2D eigenvalue weighted by molar-refractivity contribution is 0.863. The number of aromatic nitrogens is 5. The second-order valence-corrected chi connectivity index (χ2v) is 7.59. The van der Waals surface area contributed by atoms with Crippen LogP contribution in [-0.2, 0) is 5.75 Å². The van der Waals surface area contributed by atoms with Gasteiger partial charge in [0, 0.05) is 16.3 Å². The van der Waals surface area contributed by atoms with Gasteiger partial charge in [-0.1, -0.05) is 59.2 Å². The van der Waals surface area contributed by atoms with E-state index in [4.69, 9.17) is 23.2 Å². The minimum Gasteiger partial charge on any atom is -0.277 e. The second kappa shape index (κ2) is 7.76. The molecule has 0 N–H and O–H groups in total. The molecule has 27 heavy (non-hydrogen) atoms. The van der Waals surface area contributed by atoms with Crippen molar-refractivity contribution in [3.8, 4) is 11.4 Å². The molecular formula is C19H15Cl2N5S. The highest BCUT2D eigenvalue weighted by Crippen LogP contribution is 2.30. The van der Waals surface area contributed by atoms with E-state index >= 15 is 0 Å². The number of aryl methyl sites for hydroxylation is 1. The summed E-state index contributed by atoms with van der Waals surface area (Å²) in [5, 5.41) is 14.9. The predicted octanol–water partition coefficient (Wildman–Crippen LogP) is 5.36. The van der Waals surface area contributed by atoms with Crippen LogP contribution in [-0.4, -0.2) is 24.5 Å². The van der Waals surface area contributed by atoms with Crippen molar-refractivity contribution in [3.63, 3.8) is 0 Å². The molecule has 0 bridgehead atoms. The molecule has 0 spiro atoms. The average Bonchev–Trinajstić information content (AvgIpc) is 3.25. The molecule has 0 saturated carbocycles. The van der Waals surface area contributed by atoms with Gasteiger partial charge in [0.25, 0.3) is 0 Å². The standard InChI is InChI=1S/C19H15Cl2N5S/c1-13-17(18(21)26(24-13)15-7-3-2-4-8-15)11-27-19-23-22-12-25(19)16-9-5-6-14(20)10-16/h2-10,12H,11H2,1H3. The Labute approximate surface area is 170 Å². The molecule has 0 fully saturated rings. The molecule has 136 valence electrons. The first-order valence-electron chi connectivity index (χ1n) is 8.21. The quantitative estimate of drug-likeness (QED) is 0.411. The molecule has 0 radical (unpaired) electrons. The fourth-order valence-electron chi connectivity index (χ4n) is 2.70. The Morgan fingerprint density at radius 1 is 1.00 bits per heavy atom. The topological polar surface area (TPSA) is 48.5 Å². The van der Waals surface area contributed by atoms with E-state index < -0.39 is 0 Å². The zero-order chi connectivity index (χ0) is 18.8. The van der Waals surface area contributed by atoms with Gasteiger partial charge in [-0.15, -0.1) is 10.2 Å². The van der Waals surface area contributed by atoms with E-state index in [1.54, 1.807) is 22.8 Å². The third-order valence-corrected chi connectivity index (χ3v) is 5.66. The molecule has 0 aliphatic rings. The normalized spacial score (nSPS) is 11.1. The van der Waals surface area contributed by atoms with Crippen molar-refractivity contribution >= 4 is 35.0 Å². The summed E-state index contributed by atoms with van der Waals surface area (Å²) in [5.74, 6) is 0.636. The maximum Gasteiger partial charge on any atom is 0.195 e. The molecule has 8 heteroatoms. The molecule has 2 aromatic carbocycles.